The predicted molar refractivity (Wildman–Crippen MR) is 65.4 cm³/mol. The summed E-state index contributed by atoms with van der Waals surface area (Å²) in [6.45, 7) is 2.04. The Balaban J connectivity index is 1.75. The molecule has 1 aromatic heterocycles. The van der Waals surface area contributed by atoms with E-state index in [1.54, 1.807) is 11.3 Å². The van der Waals surface area contributed by atoms with Gasteiger partial charge in [0.25, 0.3) is 0 Å². The zero-order chi connectivity index (χ0) is 10.5. The van der Waals surface area contributed by atoms with Crippen LogP contribution < -0.4 is 0 Å². The Morgan fingerprint density at radius 1 is 1.40 bits per heavy atom. The number of aromatic nitrogens is 2. The fourth-order valence-corrected chi connectivity index (χ4v) is 4.58. The first-order valence-corrected chi connectivity index (χ1v) is 7.49. The van der Waals surface area contributed by atoms with Gasteiger partial charge >= 0.3 is 0 Å². The number of hydrogen-bond donors (Lipinski definition) is 0. The minimum Gasteiger partial charge on any atom is -0.144 e. The van der Waals surface area contributed by atoms with E-state index in [1.807, 2.05) is 6.92 Å². The lowest BCUT2D eigenvalue weighted by Gasteiger charge is -2.27. The van der Waals surface area contributed by atoms with Crippen LogP contribution in [-0.2, 0) is 6.42 Å². The van der Waals surface area contributed by atoms with Gasteiger partial charge in [-0.1, -0.05) is 15.9 Å². The van der Waals surface area contributed by atoms with E-state index in [-0.39, 0.29) is 0 Å². The second-order valence-electron chi connectivity index (χ2n) is 5.19. The lowest BCUT2D eigenvalue weighted by atomic mass is 9.82. The van der Waals surface area contributed by atoms with Gasteiger partial charge in [0, 0.05) is 11.8 Å². The van der Waals surface area contributed by atoms with Crippen molar-refractivity contribution >= 4 is 27.3 Å². The van der Waals surface area contributed by atoms with Crippen molar-refractivity contribution in [1.29, 1.82) is 0 Å². The number of halogens is 1. The fourth-order valence-electron chi connectivity index (χ4n) is 3.04. The molecule has 2 fully saturated rings. The highest BCUT2D eigenvalue weighted by atomic mass is 79.9. The summed E-state index contributed by atoms with van der Waals surface area (Å²) in [5.74, 6) is 2.08. The van der Waals surface area contributed by atoms with Gasteiger partial charge in [-0.15, -0.1) is 21.5 Å². The molecule has 2 unspecified atom stereocenters. The highest BCUT2D eigenvalue weighted by Gasteiger charge is 2.53. The molecular formula is C11H15BrN2S. The number of aryl methyl sites for hydroxylation is 1. The second-order valence-corrected chi connectivity index (χ2v) is 7.02. The first-order chi connectivity index (χ1) is 7.21. The fraction of sp³-hybridized carbons (Fsp3) is 0.818. The SMILES string of the molecule is Cc1nnc(CC2(CBr)CC3CC3C2)s1. The third-order valence-electron chi connectivity index (χ3n) is 3.84. The van der Waals surface area contributed by atoms with Crippen molar-refractivity contribution in [2.75, 3.05) is 5.33 Å². The maximum absolute atomic E-state index is 4.26. The average molecular weight is 287 g/mol. The molecule has 2 aliphatic carbocycles. The summed E-state index contributed by atoms with van der Waals surface area (Å²) in [5, 5.41) is 11.8. The molecule has 0 saturated heterocycles. The summed E-state index contributed by atoms with van der Waals surface area (Å²) < 4.78 is 0. The Labute approximate surface area is 103 Å². The van der Waals surface area contributed by atoms with Crippen LogP contribution in [0.1, 0.15) is 29.3 Å². The maximum atomic E-state index is 4.26. The molecule has 2 saturated carbocycles. The number of alkyl halides is 1. The van der Waals surface area contributed by atoms with Crippen molar-refractivity contribution in [2.24, 2.45) is 17.3 Å². The van der Waals surface area contributed by atoms with E-state index in [9.17, 15) is 0 Å². The molecular weight excluding hydrogens is 272 g/mol. The first kappa shape index (κ1) is 10.2. The summed E-state index contributed by atoms with van der Waals surface area (Å²) in [4.78, 5) is 0. The molecule has 2 atom stereocenters. The zero-order valence-corrected chi connectivity index (χ0v) is 11.3. The smallest absolute Gasteiger partial charge is 0.118 e. The van der Waals surface area contributed by atoms with Gasteiger partial charge in [0.1, 0.15) is 10.0 Å². The molecule has 2 aliphatic rings. The number of fused-ring (bicyclic) bond motifs is 1. The molecule has 15 heavy (non-hydrogen) atoms. The van der Waals surface area contributed by atoms with E-state index in [0.29, 0.717) is 5.41 Å². The zero-order valence-electron chi connectivity index (χ0n) is 8.87. The van der Waals surface area contributed by atoms with Crippen molar-refractivity contribution < 1.29 is 0 Å². The van der Waals surface area contributed by atoms with Crippen LogP contribution in [-0.4, -0.2) is 15.5 Å². The molecule has 0 N–H and O–H groups in total. The largest absolute Gasteiger partial charge is 0.144 e. The topological polar surface area (TPSA) is 25.8 Å². The molecule has 0 radical (unpaired) electrons. The van der Waals surface area contributed by atoms with E-state index < -0.39 is 0 Å². The lowest BCUT2D eigenvalue weighted by molar-refractivity contribution is 0.307. The Morgan fingerprint density at radius 3 is 2.67 bits per heavy atom. The molecule has 0 aliphatic heterocycles. The quantitative estimate of drug-likeness (QED) is 0.798. The molecule has 2 nitrogen and oxygen atoms in total. The third kappa shape index (κ3) is 1.86. The van der Waals surface area contributed by atoms with Crippen LogP contribution in [0.15, 0.2) is 0 Å². The van der Waals surface area contributed by atoms with Crippen LogP contribution in [0.2, 0.25) is 0 Å². The van der Waals surface area contributed by atoms with E-state index in [1.165, 1.54) is 24.3 Å². The number of nitrogens with zero attached hydrogens (tertiary/aromatic N) is 2. The van der Waals surface area contributed by atoms with Gasteiger partial charge in [-0.3, -0.25) is 0 Å². The van der Waals surface area contributed by atoms with Gasteiger partial charge in [0.2, 0.25) is 0 Å². The highest BCUT2D eigenvalue weighted by Crippen LogP contribution is 2.61. The van der Waals surface area contributed by atoms with Crippen molar-refractivity contribution in [2.45, 2.75) is 32.6 Å². The monoisotopic (exact) mass is 286 g/mol. The van der Waals surface area contributed by atoms with Crippen molar-refractivity contribution in [3.05, 3.63) is 10.0 Å². The van der Waals surface area contributed by atoms with Gasteiger partial charge in [0.15, 0.2) is 0 Å². The molecule has 1 aromatic rings. The van der Waals surface area contributed by atoms with Crippen LogP contribution in [0.3, 0.4) is 0 Å². The minimum atomic E-state index is 0.500. The molecule has 3 rings (SSSR count). The highest BCUT2D eigenvalue weighted by molar-refractivity contribution is 9.09. The standard InChI is InChI=1S/C11H15BrN2S/c1-7-13-14-10(15-7)5-11(6-12)3-8-2-9(8)4-11/h8-9H,2-6H2,1H3. The summed E-state index contributed by atoms with van der Waals surface area (Å²) in [6.07, 6.45) is 5.43. The Morgan fingerprint density at radius 2 is 2.13 bits per heavy atom. The van der Waals surface area contributed by atoms with Gasteiger partial charge in [-0.2, -0.15) is 0 Å². The normalized spacial score (nSPS) is 38.0. The number of hydrogen-bond acceptors (Lipinski definition) is 3. The number of rotatable bonds is 3. The van der Waals surface area contributed by atoms with Crippen LogP contribution in [0, 0.1) is 24.2 Å². The average Bonchev–Trinajstić information content (AvgIpc) is 2.65. The van der Waals surface area contributed by atoms with Gasteiger partial charge < -0.3 is 0 Å². The van der Waals surface area contributed by atoms with Crippen molar-refractivity contribution in [1.82, 2.24) is 10.2 Å². The summed E-state index contributed by atoms with van der Waals surface area (Å²) >= 11 is 5.46. The predicted octanol–water partition coefficient (Wildman–Crippen LogP) is 3.20. The van der Waals surface area contributed by atoms with Gasteiger partial charge in [-0.25, -0.2) is 0 Å². The van der Waals surface area contributed by atoms with E-state index >= 15 is 0 Å². The summed E-state index contributed by atoms with van der Waals surface area (Å²) in [6, 6.07) is 0. The molecule has 1 heterocycles. The molecule has 82 valence electrons. The molecule has 0 spiro atoms. The summed E-state index contributed by atoms with van der Waals surface area (Å²) in [7, 11) is 0. The van der Waals surface area contributed by atoms with E-state index in [2.05, 4.69) is 26.1 Å². The van der Waals surface area contributed by atoms with Crippen LogP contribution in [0.25, 0.3) is 0 Å². The van der Waals surface area contributed by atoms with Gasteiger partial charge in [0.05, 0.1) is 0 Å². The second kappa shape index (κ2) is 3.52. The Kier molecular flexibility index (Phi) is 2.40. The van der Waals surface area contributed by atoms with E-state index in [4.69, 9.17) is 0 Å². The first-order valence-electron chi connectivity index (χ1n) is 5.56. The maximum Gasteiger partial charge on any atom is 0.118 e. The van der Waals surface area contributed by atoms with Crippen molar-refractivity contribution in [3.8, 4) is 0 Å². The van der Waals surface area contributed by atoms with Crippen LogP contribution >= 0.6 is 27.3 Å². The van der Waals surface area contributed by atoms with Gasteiger partial charge in [-0.05, 0) is 43.4 Å². The van der Waals surface area contributed by atoms with Crippen molar-refractivity contribution in [3.63, 3.8) is 0 Å². The summed E-state index contributed by atoms with van der Waals surface area (Å²) in [5.41, 5.74) is 0.500. The third-order valence-corrected chi connectivity index (χ3v) is 5.87. The Hall–Kier alpha value is 0.0400. The Bertz CT molecular complexity index is 366. The van der Waals surface area contributed by atoms with E-state index in [0.717, 1.165) is 28.6 Å². The lowest BCUT2D eigenvalue weighted by Crippen LogP contribution is -2.23. The molecule has 0 bridgehead atoms. The molecule has 0 aromatic carbocycles. The molecule has 4 heteroatoms. The van der Waals surface area contributed by atoms with Crippen LogP contribution in [0.4, 0.5) is 0 Å². The minimum absolute atomic E-state index is 0.500. The van der Waals surface area contributed by atoms with Crippen LogP contribution in [0.5, 0.6) is 0 Å². The molecule has 0 amide bonds.